The molecule has 0 aromatic rings. The fraction of sp³-hybridized carbons (Fsp3) is 0.692. The molecule has 1 aliphatic heterocycles. The van der Waals surface area contributed by atoms with Gasteiger partial charge in [-0.15, -0.1) is 0 Å². The van der Waals surface area contributed by atoms with E-state index in [1.54, 1.807) is 0 Å². The van der Waals surface area contributed by atoms with Gasteiger partial charge in [0.1, 0.15) is 0 Å². The van der Waals surface area contributed by atoms with Crippen molar-refractivity contribution in [3.8, 4) is 0 Å². The molecule has 0 saturated heterocycles. The van der Waals surface area contributed by atoms with Crippen LogP contribution in [-0.4, -0.2) is 92.6 Å². The summed E-state index contributed by atoms with van der Waals surface area (Å²) in [6, 6.07) is 0. The minimum Gasteiger partial charge on any atom is -0.275 e. The molecule has 4 nitrogen and oxygen atoms in total. The van der Waals surface area contributed by atoms with Crippen molar-refractivity contribution >= 4 is 25.7 Å². The molecule has 0 bridgehead atoms. The lowest BCUT2D eigenvalue weighted by Crippen LogP contribution is -2.32. The number of allylic oxidation sites excluding steroid dienone is 1. The van der Waals surface area contributed by atoms with Crippen LogP contribution in [0.15, 0.2) is 11.4 Å². The highest BCUT2D eigenvalue weighted by Gasteiger charge is 2.41. The summed E-state index contributed by atoms with van der Waals surface area (Å²) in [6.07, 6.45) is -4.34. The highest BCUT2D eigenvalue weighted by atomic mass is 31.2. The topological polar surface area (TPSA) is 13.0 Å². The van der Waals surface area contributed by atoms with Crippen molar-refractivity contribution in [3.63, 3.8) is 0 Å². The van der Waals surface area contributed by atoms with Gasteiger partial charge in [-0.3, -0.25) is 18.7 Å². The molecular weight excluding hydrogens is 331 g/mol. The molecule has 1 heterocycles. The molecule has 0 unspecified atom stereocenters. The third-order valence-corrected chi connectivity index (χ3v) is 13.1. The van der Waals surface area contributed by atoms with Crippen LogP contribution in [0.2, 0.25) is 0 Å². The summed E-state index contributed by atoms with van der Waals surface area (Å²) < 4.78 is 48.3. The van der Waals surface area contributed by atoms with E-state index in [0.717, 1.165) is 0 Å². The van der Waals surface area contributed by atoms with E-state index in [4.69, 9.17) is 0 Å². The van der Waals surface area contributed by atoms with Crippen LogP contribution in [0.25, 0.3) is 0 Å². The zero-order valence-electron chi connectivity index (χ0n) is 14.5. The van der Waals surface area contributed by atoms with Crippen molar-refractivity contribution in [1.29, 1.82) is 0 Å². The van der Waals surface area contributed by atoms with Crippen molar-refractivity contribution in [2.75, 3.05) is 56.4 Å². The SMILES string of the molecule is CN(C)P1(N(C)C)=CC(C(F)(F)F)=CP(N(C)C)(N(C)C)=C1. The zero-order chi connectivity index (χ0) is 17.5. The highest BCUT2D eigenvalue weighted by molar-refractivity contribution is 7.98. The Bertz CT molecular complexity index is 517. The molecule has 0 fully saturated rings. The van der Waals surface area contributed by atoms with Crippen LogP contribution in [-0.2, 0) is 0 Å². The Morgan fingerprint density at radius 1 is 0.727 bits per heavy atom. The second-order valence-corrected chi connectivity index (χ2v) is 13.6. The van der Waals surface area contributed by atoms with Gasteiger partial charge in [-0.2, -0.15) is 13.2 Å². The molecule has 1 aliphatic rings. The molecule has 9 heteroatoms. The Labute approximate surface area is 132 Å². The highest BCUT2D eigenvalue weighted by Crippen LogP contribution is 2.65. The minimum atomic E-state index is -4.34. The molecule has 0 aromatic heterocycles. The first-order valence-electron chi connectivity index (χ1n) is 6.80. The molecule has 0 radical (unpaired) electrons. The van der Waals surface area contributed by atoms with Gasteiger partial charge < -0.3 is 0 Å². The average Bonchev–Trinajstić information content (AvgIpc) is 2.35. The molecule has 0 aliphatic carbocycles. The molecular formula is C13H27F3N4P2. The van der Waals surface area contributed by atoms with E-state index in [-0.39, 0.29) is 0 Å². The van der Waals surface area contributed by atoms with Gasteiger partial charge in [-0.05, 0) is 73.5 Å². The zero-order valence-corrected chi connectivity index (χ0v) is 16.3. The van der Waals surface area contributed by atoms with Crippen LogP contribution >= 0.6 is 14.4 Å². The monoisotopic (exact) mass is 358 g/mol. The van der Waals surface area contributed by atoms with Gasteiger partial charge in [0, 0.05) is 14.4 Å². The number of hydrogen-bond acceptors (Lipinski definition) is 4. The van der Waals surface area contributed by atoms with Gasteiger partial charge in [0.2, 0.25) is 0 Å². The van der Waals surface area contributed by atoms with Gasteiger partial charge in [-0.25, -0.2) is 0 Å². The van der Waals surface area contributed by atoms with Crippen molar-refractivity contribution < 1.29 is 13.2 Å². The summed E-state index contributed by atoms with van der Waals surface area (Å²) in [5.74, 6) is 2.83. The van der Waals surface area contributed by atoms with E-state index in [1.165, 1.54) is 11.6 Å². The fourth-order valence-electron chi connectivity index (χ4n) is 2.50. The summed E-state index contributed by atoms with van der Waals surface area (Å²) in [7, 11) is 10.1. The largest absolute Gasteiger partial charge is 0.416 e. The number of rotatable bonds is 4. The maximum absolute atomic E-state index is 13.5. The second kappa shape index (κ2) is 6.46. The summed E-state index contributed by atoms with van der Waals surface area (Å²) in [5, 5.41) is 0. The van der Waals surface area contributed by atoms with Crippen molar-refractivity contribution in [2.45, 2.75) is 6.18 Å². The van der Waals surface area contributed by atoms with E-state index >= 15 is 0 Å². The van der Waals surface area contributed by atoms with Crippen LogP contribution in [0.5, 0.6) is 0 Å². The summed E-state index contributed by atoms with van der Waals surface area (Å²) in [4.78, 5) is 0. The van der Waals surface area contributed by atoms with Crippen molar-refractivity contribution in [1.82, 2.24) is 18.7 Å². The van der Waals surface area contributed by atoms with E-state index in [9.17, 15) is 13.2 Å². The lowest BCUT2D eigenvalue weighted by atomic mass is 10.3. The number of nitrogens with zero attached hydrogens (tertiary/aromatic N) is 4. The lowest BCUT2D eigenvalue weighted by molar-refractivity contribution is -0.0853. The molecule has 1 rings (SSSR count). The molecule has 0 spiro atoms. The molecule has 0 amide bonds. The van der Waals surface area contributed by atoms with E-state index in [2.05, 4.69) is 5.54 Å². The Hall–Kier alpha value is -0.0300. The third kappa shape index (κ3) is 3.40. The fourth-order valence-corrected chi connectivity index (χ4v) is 12.1. The molecule has 0 aromatic carbocycles. The Morgan fingerprint density at radius 2 is 1.09 bits per heavy atom. The first-order valence-corrected chi connectivity index (χ1v) is 10.5. The number of hydrogen-bond donors (Lipinski definition) is 0. The predicted molar refractivity (Wildman–Crippen MR) is 94.9 cm³/mol. The summed E-state index contributed by atoms with van der Waals surface area (Å²) in [5.41, 5.74) is 1.62. The van der Waals surface area contributed by atoms with Gasteiger partial charge in [0.05, 0.1) is 5.57 Å². The standard InChI is InChI=1S/C13H27F3N4P2/c1-17(2)21(18(3)4)9-12(13(14,15)16)10-22(11-21,19(5)6)20(7)8/h9-11H,1-8H3. The molecule has 0 N–H and O–H groups in total. The predicted octanol–water partition coefficient (Wildman–Crippen LogP) is 2.95. The summed E-state index contributed by atoms with van der Waals surface area (Å²) in [6.45, 7) is 0. The van der Waals surface area contributed by atoms with E-state index in [1.807, 2.05) is 75.1 Å². The van der Waals surface area contributed by atoms with E-state index < -0.39 is 26.1 Å². The molecule has 22 heavy (non-hydrogen) atoms. The molecule has 0 saturated carbocycles. The third-order valence-electron chi connectivity index (χ3n) is 3.89. The van der Waals surface area contributed by atoms with Gasteiger partial charge in [0.15, 0.2) is 0 Å². The van der Waals surface area contributed by atoms with Gasteiger partial charge >= 0.3 is 6.18 Å². The first-order chi connectivity index (χ1) is 9.79. The van der Waals surface area contributed by atoms with Crippen LogP contribution < -0.4 is 0 Å². The lowest BCUT2D eigenvalue weighted by Gasteiger charge is -2.46. The van der Waals surface area contributed by atoms with Crippen molar-refractivity contribution in [2.24, 2.45) is 0 Å². The van der Waals surface area contributed by atoms with Crippen molar-refractivity contribution in [3.05, 3.63) is 11.4 Å². The Morgan fingerprint density at radius 3 is 1.36 bits per heavy atom. The quantitative estimate of drug-likeness (QED) is 0.717. The Balaban J connectivity index is 3.91. The van der Waals surface area contributed by atoms with Crippen LogP contribution in [0.3, 0.4) is 0 Å². The second-order valence-electron chi connectivity index (χ2n) is 6.12. The average molecular weight is 358 g/mol. The molecule has 0 atom stereocenters. The number of halogens is 3. The van der Waals surface area contributed by atoms with Crippen LogP contribution in [0, 0.1) is 0 Å². The minimum absolute atomic E-state index is 0.526. The maximum Gasteiger partial charge on any atom is 0.416 e. The first kappa shape index (κ1) is 20.0. The van der Waals surface area contributed by atoms with Crippen LogP contribution in [0.4, 0.5) is 13.2 Å². The normalized spacial score (nSPS) is 21.1. The number of alkyl halides is 3. The smallest absolute Gasteiger partial charge is 0.275 e. The Kier molecular flexibility index (Phi) is 5.88. The summed E-state index contributed by atoms with van der Waals surface area (Å²) >= 11 is 0. The van der Waals surface area contributed by atoms with E-state index in [0.29, 0.717) is 0 Å². The van der Waals surface area contributed by atoms with Gasteiger partial charge in [-0.1, -0.05) is 0 Å². The molecule has 130 valence electrons. The van der Waals surface area contributed by atoms with Crippen LogP contribution in [0.1, 0.15) is 0 Å². The van der Waals surface area contributed by atoms with Gasteiger partial charge in [0.25, 0.3) is 0 Å². The maximum atomic E-state index is 13.5.